The number of nitriles is 1. The molecule has 3 heterocycles. The summed E-state index contributed by atoms with van der Waals surface area (Å²) in [7, 11) is 0. The van der Waals surface area contributed by atoms with Crippen molar-refractivity contribution in [2.75, 3.05) is 43.1 Å². The van der Waals surface area contributed by atoms with Gasteiger partial charge >= 0.3 is 6.03 Å². The van der Waals surface area contributed by atoms with Gasteiger partial charge in [-0.2, -0.15) is 5.26 Å². The Balaban J connectivity index is 1.68. The molecule has 1 unspecified atom stereocenters. The minimum Gasteiger partial charge on any atom is -0.377 e. The van der Waals surface area contributed by atoms with E-state index in [4.69, 9.17) is 20.0 Å². The molecule has 1 fully saturated rings. The molecule has 1 saturated heterocycles. The normalized spacial score (nSPS) is 17.5. The van der Waals surface area contributed by atoms with Gasteiger partial charge in [-0.05, 0) is 44.5 Å². The van der Waals surface area contributed by atoms with Crippen LogP contribution in [0.1, 0.15) is 31.5 Å². The number of amides is 3. The van der Waals surface area contributed by atoms with Crippen molar-refractivity contribution in [3.8, 4) is 17.5 Å². The molecule has 0 aliphatic carbocycles. The number of ether oxygens (including phenoxy) is 1. The summed E-state index contributed by atoms with van der Waals surface area (Å²) in [5.41, 5.74) is 3.34. The second-order valence-electron chi connectivity index (χ2n) is 8.38. The Bertz CT molecular complexity index is 1100. The molecule has 0 spiro atoms. The van der Waals surface area contributed by atoms with E-state index in [1.807, 2.05) is 37.3 Å². The van der Waals surface area contributed by atoms with Gasteiger partial charge in [0.1, 0.15) is 12.2 Å². The van der Waals surface area contributed by atoms with Gasteiger partial charge in [0.15, 0.2) is 5.82 Å². The number of carbonyl (C=O) groups excluding carboxylic acids is 2. The van der Waals surface area contributed by atoms with Crippen LogP contribution >= 0.6 is 0 Å². The number of hydrogen-bond donors (Lipinski definition) is 2. The third kappa shape index (κ3) is 5.10. The van der Waals surface area contributed by atoms with Crippen LogP contribution in [0.2, 0.25) is 0 Å². The topological polar surface area (TPSA) is 123 Å². The lowest BCUT2D eigenvalue weighted by atomic mass is 10.0. The first-order valence-corrected chi connectivity index (χ1v) is 11.5. The van der Waals surface area contributed by atoms with Gasteiger partial charge in [0, 0.05) is 36.4 Å². The number of aromatic nitrogens is 2. The lowest BCUT2D eigenvalue weighted by molar-refractivity contribution is -0.131. The van der Waals surface area contributed by atoms with Crippen LogP contribution in [0, 0.1) is 11.3 Å². The minimum atomic E-state index is -0.258. The van der Waals surface area contributed by atoms with E-state index in [0.29, 0.717) is 50.8 Å². The molecule has 178 valence electrons. The maximum absolute atomic E-state index is 12.4. The van der Waals surface area contributed by atoms with Crippen molar-refractivity contribution in [2.45, 2.75) is 39.3 Å². The van der Waals surface area contributed by atoms with E-state index in [-0.39, 0.29) is 24.4 Å². The van der Waals surface area contributed by atoms with Crippen LogP contribution in [0.3, 0.4) is 0 Å². The molecule has 2 aliphatic rings. The number of rotatable bonds is 5. The van der Waals surface area contributed by atoms with E-state index in [9.17, 15) is 9.59 Å². The molecule has 2 N–H and O–H groups in total. The molecule has 10 heteroatoms. The second-order valence-corrected chi connectivity index (χ2v) is 8.38. The quantitative estimate of drug-likeness (QED) is 0.697. The summed E-state index contributed by atoms with van der Waals surface area (Å²) in [6.07, 6.45) is 0.502. The summed E-state index contributed by atoms with van der Waals surface area (Å²) in [6.45, 7) is 7.40. The van der Waals surface area contributed by atoms with Crippen LogP contribution in [0.5, 0.6) is 0 Å². The van der Waals surface area contributed by atoms with E-state index in [1.165, 1.54) is 0 Å². The average molecular weight is 464 g/mol. The van der Waals surface area contributed by atoms with Crippen LogP contribution in [0.4, 0.5) is 16.3 Å². The van der Waals surface area contributed by atoms with E-state index in [2.05, 4.69) is 22.5 Å². The molecule has 3 amide bonds. The van der Waals surface area contributed by atoms with Crippen LogP contribution < -0.4 is 15.5 Å². The first-order valence-electron chi connectivity index (χ1n) is 11.5. The number of nitrogens with one attached hydrogen (secondary N) is 2. The molecule has 0 saturated carbocycles. The van der Waals surface area contributed by atoms with E-state index in [1.54, 1.807) is 4.90 Å². The zero-order valence-electron chi connectivity index (χ0n) is 19.5. The molecule has 1 aromatic heterocycles. The standard InChI is InChI=1S/C24H29N7O3/c1-3-26-24(33)27-18-6-4-17(5-7-18)22-28-20-14-30(21(32)8-10-25)11-9-19(20)23(29-22)31-12-13-34-15-16(31)2/h4-7,16H,3,8-9,11-15H2,1-2H3,(H2,26,27,33). The van der Waals surface area contributed by atoms with Gasteiger partial charge in [0.25, 0.3) is 0 Å². The SMILES string of the molecule is CCNC(=O)Nc1ccc(-c2nc3c(c(N4CCOCC4C)n2)CCN(C(=O)CC#N)C3)cc1. The van der Waals surface area contributed by atoms with Gasteiger partial charge in [0.2, 0.25) is 5.91 Å². The van der Waals surface area contributed by atoms with Crippen molar-refractivity contribution in [1.82, 2.24) is 20.2 Å². The molecule has 2 aromatic rings. The fourth-order valence-electron chi connectivity index (χ4n) is 4.25. The van der Waals surface area contributed by atoms with Gasteiger partial charge < -0.3 is 25.2 Å². The molecule has 10 nitrogen and oxygen atoms in total. The molecule has 4 rings (SSSR count). The summed E-state index contributed by atoms with van der Waals surface area (Å²) < 4.78 is 5.62. The van der Waals surface area contributed by atoms with Gasteiger partial charge in [-0.3, -0.25) is 4.79 Å². The Morgan fingerprint density at radius 1 is 1.24 bits per heavy atom. The van der Waals surface area contributed by atoms with Crippen molar-refractivity contribution in [2.24, 2.45) is 0 Å². The molecule has 2 aliphatic heterocycles. The summed E-state index contributed by atoms with van der Waals surface area (Å²) >= 11 is 0. The molecule has 34 heavy (non-hydrogen) atoms. The van der Waals surface area contributed by atoms with Crippen LogP contribution in [-0.4, -0.2) is 65.7 Å². The van der Waals surface area contributed by atoms with Crippen LogP contribution in [-0.2, 0) is 22.5 Å². The number of fused-ring (bicyclic) bond motifs is 1. The molecule has 0 radical (unpaired) electrons. The van der Waals surface area contributed by atoms with Crippen LogP contribution in [0.15, 0.2) is 24.3 Å². The number of morpholine rings is 1. The Hall–Kier alpha value is -3.71. The van der Waals surface area contributed by atoms with E-state index < -0.39 is 0 Å². The van der Waals surface area contributed by atoms with Gasteiger partial charge in [0.05, 0.1) is 37.6 Å². The predicted molar refractivity (Wildman–Crippen MR) is 127 cm³/mol. The Kier molecular flexibility index (Phi) is 7.23. The highest BCUT2D eigenvalue weighted by Gasteiger charge is 2.30. The molecule has 1 aromatic carbocycles. The van der Waals surface area contributed by atoms with Crippen LogP contribution in [0.25, 0.3) is 11.4 Å². The summed E-state index contributed by atoms with van der Waals surface area (Å²) in [4.78, 5) is 37.9. The summed E-state index contributed by atoms with van der Waals surface area (Å²) in [6, 6.07) is 9.22. The molecular weight excluding hydrogens is 434 g/mol. The highest BCUT2D eigenvalue weighted by atomic mass is 16.5. The molecule has 1 atom stereocenters. The van der Waals surface area contributed by atoms with E-state index in [0.717, 1.165) is 29.2 Å². The number of anilines is 2. The van der Waals surface area contributed by atoms with Gasteiger partial charge in [-0.25, -0.2) is 14.8 Å². The number of hydrogen-bond acceptors (Lipinski definition) is 7. The Morgan fingerprint density at radius 3 is 2.74 bits per heavy atom. The highest BCUT2D eigenvalue weighted by Crippen LogP contribution is 2.31. The van der Waals surface area contributed by atoms with E-state index >= 15 is 0 Å². The molecule has 0 bridgehead atoms. The monoisotopic (exact) mass is 463 g/mol. The predicted octanol–water partition coefficient (Wildman–Crippen LogP) is 2.31. The fourth-order valence-corrected chi connectivity index (χ4v) is 4.25. The Morgan fingerprint density at radius 2 is 2.03 bits per heavy atom. The average Bonchev–Trinajstić information content (AvgIpc) is 2.84. The second kappa shape index (κ2) is 10.5. The molecular formula is C24H29N7O3. The number of benzene rings is 1. The minimum absolute atomic E-state index is 0.138. The van der Waals surface area contributed by atoms with Crippen molar-refractivity contribution < 1.29 is 14.3 Å². The van der Waals surface area contributed by atoms with Crippen molar-refractivity contribution in [3.05, 3.63) is 35.5 Å². The summed E-state index contributed by atoms with van der Waals surface area (Å²) in [5.74, 6) is 1.26. The zero-order valence-corrected chi connectivity index (χ0v) is 19.5. The highest BCUT2D eigenvalue weighted by molar-refractivity contribution is 5.89. The third-order valence-corrected chi connectivity index (χ3v) is 6.00. The third-order valence-electron chi connectivity index (χ3n) is 6.00. The van der Waals surface area contributed by atoms with Crippen molar-refractivity contribution in [1.29, 1.82) is 5.26 Å². The lowest BCUT2D eigenvalue weighted by Gasteiger charge is -2.37. The number of urea groups is 1. The Labute approximate surface area is 198 Å². The summed E-state index contributed by atoms with van der Waals surface area (Å²) in [5, 5.41) is 14.4. The maximum atomic E-state index is 12.4. The smallest absolute Gasteiger partial charge is 0.319 e. The first kappa shape index (κ1) is 23.4. The lowest BCUT2D eigenvalue weighted by Crippen LogP contribution is -2.45. The van der Waals surface area contributed by atoms with Gasteiger partial charge in [-0.1, -0.05) is 0 Å². The first-order chi connectivity index (χ1) is 16.5. The number of nitrogens with zero attached hydrogens (tertiary/aromatic N) is 5. The fraction of sp³-hybridized carbons (Fsp3) is 0.458. The van der Waals surface area contributed by atoms with Crippen molar-refractivity contribution in [3.63, 3.8) is 0 Å². The largest absolute Gasteiger partial charge is 0.377 e. The number of carbonyl (C=O) groups is 2. The maximum Gasteiger partial charge on any atom is 0.319 e. The van der Waals surface area contributed by atoms with Crippen molar-refractivity contribution >= 4 is 23.4 Å². The zero-order chi connectivity index (χ0) is 24.1. The van der Waals surface area contributed by atoms with Gasteiger partial charge in [-0.15, -0.1) is 0 Å².